The Balaban J connectivity index is 2.43. The van der Waals surface area contributed by atoms with Gasteiger partial charge < -0.3 is 5.32 Å². The summed E-state index contributed by atoms with van der Waals surface area (Å²) in [7, 11) is 0. The minimum Gasteiger partial charge on any atom is -0.314 e. The Morgan fingerprint density at radius 3 is 2.93 bits per heavy atom. The zero-order valence-electron chi connectivity index (χ0n) is 9.13. The first-order valence-corrected chi connectivity index (χ1v) is 5.65. The van der Waals surface area contributed by atoms with E-state index in [1.54, 1.807) is 6.20 Å². The van der Waals surface area contributed by atoms with Gasteiger partial charge in [0.1, 0.15) is 0 Å². The van der Waals surface area contributed by atoms with Crippen LogP contribution < -0.4 is 10.6 Å². The minimum absolute atomic E-state index is 0.253. The van der Waals surface area contributed by atoms with E-state index < -0.39 is 0 Å². The maximum atomic E-state index is 11.3. The highest BCUT2D eigenvalue weighted by Crippen LogP contribution is 2.13. The Morgan fingerprint density at radius 2 is 2.40 bits per heavy atom. The van der Waals surface area contributed by atoms with Crippen molar-refractivity contribution in [1.82, 2.24) is 10.3 Å². The second-order valence-corrected chi connectivity index (χ2v) is 4.09. The first kappa shape index (κ1) is 11.7. The van der Waals surface area contributed by atoms with Gasteiger partial charge in [-0.2, -0.15) is 0 Å². The van der Waals surface area contributed by atoms with Crippen molar-refractivity contribution in [2.24, 2.45) is 0 Å². The summed E-state index contributed by atoms with van der Waals surface area (Å²) in [6.07, 6.45) is 2.63. The van der Waals surface area contributed by atoms with Gasteiger partial charge in [-0.3, -0.25) is 5.32 Å². The third-order valence-electron chi connectivity index (χ3n) is 1.85. The van der Waals surface area contributed by atoms with Crippen LogP contribution in [0.25, 0.3) is 0 Å². The lowest BCUT2D eigenvalue weighted by Crippen LogP contribution is -2.24. The van der Waals surface area contributed by atoms with Gasteiger partial charge in [-0.15, -0.1) is 11.3 Å². The average Bonchev–Trinajstić information content (AvgIpc) is 2.60. The number of thiazole rings is 1. The predicted molar refractivity (Wildman–Crippen MR) is 63.1 cm³/mol. The number of nitrogens with zero attached hydrogens (tertiary/aromatic N) is 1. The Labute approximate surface area is 93.4 Å². The number of anilines is 1. The molecule has 2 N–H and O–H groups in total. The van der Waals surface area contributed by atoms with Crippen LogP contribution in [0.1, 0.15) is 26.0 Å². The molecule has 0 saturated heterocycles. The number of nitrogens with one attached hydrogen (secondary N) is 2. The lowest BCUT2D eigenvalue weighted by molar-refractivity contribution is 0.255. The average molecular weight is 225 g/mol. The van der Waals surface area contributed by atoms with Gasteiger partial charge in [0.25, 0.3) is 0 Å². The molecule has 0 aliphatic rings. The molecule has 1 aromatic rings. The number of aromatic nitrogens is 1. The van der Waals surface area contributed by atoms with Crippen LogP contribution in [-0.4, -0.2) is 11.0 Å². The molecule has 0 fully saturated rings. The first-order chi connectivity index (χ1) is 7.11. The third-order valence-corrected chi connectivity index (χ3v) is 2.72. The fourth-order valence-electron chi connectivity index (χ4n) is 0.835. The van der Waals surface area contributed by atoms with E-state index in [1.165, 1.54) is 11.3 Å². The maximum absolute atomic E-state index is 11.3. The van der Waals surface area contributed by atoms with E-state index >= 15 is 0 Å². The van der Waals surface area contributed by atoms with Gasteiger partial charge in [0.15, 0.2) is 5.13 Å². The van der Waals surface area contributed by atoms with Gasteiger partial charge in [-0.1, -0.05) is 12.5 Å². The lowest BCUT2D eigenvalue weighted by atomic mass is 10.3. The number of carbonyl (C=O) groups excluding carboxylic acids is 1. The summed E-state index contributed by atoms with van der Waals surface area (Å²) in [6.45, 7) is 5.89. The van der Waals surface area contributed by atoms with Crippen LogP contribution in [0.5, 0.6) is 0 Å². The summed E-state index contributed by atoms with van der Waals surface area (Å²) >= 11 is 1.41. The highest BCUT2D eigenvalue weighted by atomic mass is 32.1. The number of hydrogen-bond donors (Lipinski definition) is 2. The van der Waals surface area contributed by atoms with Crippen molar-refractivity contribution in [1.29, 1.82) is 0 Å². The van der Waals surface area contributed by atoms with E-state index in [0.29, 0.717) is 5.13 Å². The van der Waals surface area contributed by atoms with Crippen LogP contribution in [0.15, 0.2) is 17.2 Å². The zero-order valence-corrected chi connectivity index (χ0v) is 9.94. The Bertz CT molecular complexity index is 370. The van der Waals surface area contributed by atoms with Gasteiger partial charge in [0.2, 0.25) is 0 Å². The summed E-state index contributed by atoms with van der Waals surface area (Å²) in [5, 5.41) is 7.81. The van der Waals surface area contributed by atoms with Gasteiger partial charge in [0.05, 0.1) is 5.69 Å². The number of rotatable bonds is 3. The molecule has 0 saturated carbocycles. The van der Waals surface area contributed by atoms with E-state index in [0.717, 1.165) is 17.7 Å². The minimum atomic E-state index is -0.253. The zero-order chi connectivity index (χ0) is 11.3. The molecule has 0 atom stereocenters. The van der Waals surface area contributed by atoms with Crippen molar-refractivity contribution >= 4 is 22.5 Å². The third kappa shape index (κ3) is 4.12. The summed E-state index contributed by atoms with van der Waals surface area (Å²) in [4.78, 5) is 15.5. The molecule has 0 bridgehead atoms. The monoisotopic (exact) mass is 225 g/mol. The Hall–Kier alpha value is -1.36. The summed E-state index contributed by atoms with van der Waals surface area (Å²) in [5.74, 6) is 0. The normalized spacial score (nSPS) is 11.3. The van der Waals surface area contributed by atoms with Gasteiger partial charge in [-0.25, -0.2) is 9.78 Å². The fourth-order valence-corrected chi connectivity index (χ4v) is 1.52. The molecule has 1 rings (SSSR count). The van der Waals surface area contributed by atoms with Crippen LogP contribution in [-0.2, 0) is 0 Å². The fraction of sp³-hybridized carbons (Fsp3) is 0.400. The van der Waals surface area contributed by atoms with Crippen LogP contribution >= 0.6 is 11.3 Å². The lowest BCUT2D eigenvalue weighted by Gasteiger charge is -2.01. The first-order valence-electron chi connectivity index (χ1n) is 4.77. The van der Waals surface area contributed by atoms with Crippen molar-refractivity contribution in [2.75, 3.05) is 5.32 Å². The number of allylic oxidation sites excluding steroid dienone is 1. The van der Waals surface area contributed by atoms with Crippen molar-refractivity contribution in [2.45, 2.75) is 27.2 Å². The van der Waals surface area contributed by atoms with Gasteiger partial charge >= 0.3 is 6.03 Å². The molecular weight excluding hydrogens is 210 g/mol. The van der Waals surface area contributed by atoms with Crippen molar-refractivity contribution < 1.29 is 4.79 Å². The van der Waals surface area contributed by atoms with E-state index in [1.807, 2.05) is 26.2 Å². The standard InChI is InChI=1S/C10H15N3OS/c1-4-7(2)5-11-9(14)13-10-12-8(3)6-15-10/h5-6H,4H2,1-3H3,(H2,11,12,13,14)/b7-5+. The van der Waals surface area contributed by atoms with Crippen LogP contribution in [0.3, 0.4) is 0 Å². The topological polar surface area (TPSA) is 54.0 Å². The maximum Gasteiger partial charge on any atom is 0.325 e. The molecule has 82 valence electrons. The molecule has 1 aromatic heterocycles. The molecule has 0 aliphatic carbocycles. The molecule has 0 radical (unpaired) electrons. The van der Waals surface area contributed by atoms with E-state index in [2.05, 4.69) is 15.6 Å². The molecule has 1 heterocycles. The van der Waals surface area contributed by atoms with E-state index in [4.69, 9.17) is 0 Å². The molecular formula is C10H15N3OS. The number of urea groups is 1. The molecule has 0 aliphatic heterocycles. The molecule has 5 heteroatoms. The van der Waals surface area contributed by atoms with Crippen molar-refractivity contribution in [3.63, 3.8) is 0 Å². The number of aryl methyl sites for hydroxylation is 1. The van der Waals surface area contributed by atoms with E-state index in [9.17, 15) is 4.79 Å². The number of amides is 2. The van der Waals surface area contributed by atoms with Crippen molar-refractivity contribution in [3.8, 4) is 0 Å². The quantitative estimate of drug-likeness (QED) is 0.831. The molecule has 15 heavy (non-hydrogen) atoms. The number of hydrogen-bond acceptors (Lipinski definition) is 3. The summed E-state index contributed by atoms with van der Waals surface area (Å²) in [5.41, 5.74) is 2.04. The van der Waals surface area contributed by atoms with Gasteiger partial charge in [-0.05, 0) is 20.3 Å². The second kappa shape index (κ2) is 5.50. The summed E-state index contributed by atoms with van der Waals surface area (Å²) in [6, 6.07) is -0.253. The SMILES string of the molecule is CC/C(C)=C/NC(=O)Nc1nc(C)cs1. The van der Waals surface area contributed by atoms with Crippen LogP contribution in [0.2, 0.25) is 0 Å². The smallest absolute Gasteiger partial charge is 0.314 e. The number of carbonyl (C=O) groups is 1. The largest absolute Gasteiger partial charge is 0.325 e. The summed E-state index contributed by atoms with van der Waals surface area (Å²) < 4.78 is 0. The molecule has 2 amide bonds. The highest BCUT2D eigenvalue weighted by Gasteiger charge is 2.02. The van der Waals surface area contributed by atoms with Crippen LogP contribution in [0.4, 0.5) is 9.93 Å². The Kier molecular flexibility index (Phi) is 4.30. The Morgan fingerprint density at radius 1 is 1.67 bits per heavy atom. The van der Waals surface area contributed by atoms with Gasteiger partial charge in [0, 0.05) is 11.6 Å². The van der Waals surface area contributed by atoms with E-state index in [-0.39, 0.29) is 6.03 Å². The molecule has 0 aromatic carbocycles. The van der Waals surface area contributed by atoms with Crippen LogP contribution in [0, 0.1) is 6.92 Å². The second-order valence-electron chi connectivity index (χ2n) is 3.24. The molecule has 4 nitrogen and oxygen atoms in total. The molecule has 0 spiro atoms. The molecule has 0 unspecified atom stereocenters. The van der Waals surface area contributed by atoms with Crippen molar-refractivity contribution in [3.05, 3.63) is 22.8 Å². The predicted octanol–water partition coefficient (Wildman–Crippen LogP) is 2.89. The highest BCUT2D eigenvalue weighted by molar-refractivity contribution is 7.13.